The first-order valence-corrected chi connectivity index (χ1v) is 7.86. The first-order chi connectivity index (χ1) is 11.0. The van der Waals surface area contributed by atoms with Crippen LogP contribution < -0.4 is 5.32 Å². The number of benzene rings is 1. The van der Waals surface area contributed by atoms with Gasteiger partial charge in [0.2, 0.25) is 5.91 Å². The van der Waals surface area contributed by atoms with Gasteiger partial charge in [-0.2, -0.15) is 0 Å². The van der Waals surface area contributed by atoms with E-state index in [2.05, 4.69) is 11.9 Å². The summed E-state index contributed by atoms with van der Waals surface area (Å²) >= 11 is 0. The van der Waals surface area contributed by atoms with Crippen molar-refractivity contribution in [1.82, 2.24) is 4.90 Å². The second-order valence-electron chi connectivity index (χ2n) is 5.27. The molecule has 0 aliphatic rings. The molecule has 0 fully saturated rings. The molecular weight excluding hydrogens is 292 g/mol. The molecule has 0 aliphatic carbocycles. The third-order valence-electron chi connectivity index (χ3n) is 3.52. The van der Waals surface area contributed by atoms with Crippen molar-refractivity contribution in [2.75, 3.05) is 18.5 Å². The van der Waals surface area contributed by atoms with E-state index in [0.29, 0.717) is 31.8 Å². The molecule has 0 spiro atoms. The van der Waals surface area contributed by atoms with E-state index in [1.807, 2.05) is 31.2 Å². The van der Waals surface area contributed by atoms with Crippen LogP contribution in [0.15, 0.2) is 36.9 Å². The smallest absolute Gasteiger partial charge is 0.253 e. The minimum Gasteiger partial charge on any atom is -0.368 e. The highest BCUT2D eigenvalue weighted by atomic mass is 16.5. The number of carbonyl (C=O) groups excluding carboxylic acids is 2. The molecule has 0 aliphatic heterocycles. The van der Waals surface area contributed by atoms with Crippen LogP contribution in [0.4, 0.5) is 5.69 Å². The Labute approximate surface area is 138 Å². The number of ether oxygens (including phenoxy) is 1. The van der Waals surface area contributed by atoms with E-state index in [4.69, 9.17) is 4.74 Å². The summed E-state index contributed by atoms with van der Waals surface area (Å²) < 4.78 is 5.45. The molecule has 5 nitrogen and oxygen atoms in total. The fourth-order valence-corrected chi connectivity index (χ4v) is 2.07. The normalized spacial score (nSPS) is 11.6. The highest BCUT2D eigenvalue weighted by Crippen LogP contribution is 2.18. The van der Waals surface area contributed by atoms with Gasteiger partial charge in [0.25, 0.3) is 5.91 Å². The third-order valence-corrected chi connectivity index (χ3v) is 3.52. The monoisotopic (exact) mass is 318 g/mol. The van der Waals surface area contributed by atoms with Gasteiger partial charge in [-0.3, -0.25) is 9.59 Å². The lowest BCUT2D eigenvalue weighted by molar-refractivity contribution is -0.129. The molecule has 1 atom stereocenters. The quantitative estimate of drug-likeness (QED) is 0.562. The summed E-state index contributed by atoms with van der Waals surface area (Å²) in [5.74, 6) is -0.192. The van der Waals surface area contributed by atoms with Crippen molar-refractivity contribution in [3.05, 3.63) is 42.5 Å². The SMILES string of the molecule is C=CCCOC(C)C(=O)Nc1ccccc1CN(CC)C(C)=O. The minimum atomic E-state index is -0.543. The van der Waals surface area contributed by atoms with Crippen LogP contribution in [0.25, 0.3) is 0 Å². The number of nitrogens with one attached hydrogen (secondary N) is 1. The molecule has 0 radical (unpaired) electrons. The fraction of sp³-hybridized carbons (Fsp3) is 0.444. The zero-order valence-corrected chi connectivity index (χ0v) is 14.2. The molecule has 1 rings (SSSR count). The van der Waals surface area contributed by atoms with Gasteiger partial charge >= 0.3 is 0 Å². The number of nitrogens with zero attached hydrogens (tertiary/aromatic N) is 1. The van der Waals surface area contributed by atoms with Crippen LogP contribution in [0.2, 0.25) is 0 Å². The number of hydrogen-bond donors (Lipinski definition) is 1. The van der Waals surface area contributed by atoms with Crippen LogP contribution in [-0.4, -0.2) is 36.0 Å². The van der Waals surface area contributed by atoms with E-state index in [9.17, 15) is 9.59 Å². The maximum Gasteiger partial charge on any atom is 0.253 e. The van der Waals surface area contributed by atoms with Crippen LogP contribution in [0.5, 0.6) is 0 Å². The highest BCUT2D eigenvalue weighted by Gasteiger charge is 2.16. The summed E-state index contributed by atoms with van der Waals surface area (Å²) in [6, 6.07) is 7.48. The number of rotatable bonds is 9. The second kappa shape index (κ2) is 9.79. The number of hydrogen-bond acceptors (Lipinski definition) is 3. The topological polar surface area (TPSA) is 58.6 Å². The maximum absolute atomic E-state index is 12.2. The Morgan fingerprint density at radius 2 is 2.09 bits per heavy atom. The number of anilines is 1. The lowest BCUT2D eigenvalue weighted by Gasteiger charge is -2.21. The van der Waals surface area contributed by atoms with Crippen LogP contribution in [0, 0.1) is 0 Å². The first-order valence-electron chi connectivity index (χ1n) is 7.86. The molecule has 1 aromatic rings. The highest BCUT2D eigenvalue weighted by molar-refractivity contribution is 5.94. The third kappa shape index (κ3) is 6.24. The number of carbonyl (C=O) groups is 2. The summed E-state index contributed by atoms with van der Waals surface area (Å²) in [7, 11) is 0. The van der Waals surface area contributed by atoms with Crippen molar-refractivity contribution in [3.8, 4) is 0 Å². The van der Waals surface area contributed by atoms with Gasteiger partial charge in [0.1, 0.15) is 6.10 Å². The largest absolute Gasteiger partial charge is 0.368 e. The van der Waals surface area contributed by atoms with Crippen molar-refractivity contribution in [2.45, 2.75) is 39.8 Å². The Hall–Kier alpha value is -2.14. The summed E-state index contributed by atoms with van der Waals surface area (Å²) in [6.07, 6.45) is 1.91. The second-order valence-corrected chi connectivity index (χ2v) is 5.27. The lowest BCUT2D eigenvalue weighted by Crippen LogP contribution is -2.30. The van der Waals surface area contributed by atoms with E-state index in [0.717, 1.165) is 5.56 Å². The summed E-state index contributed by atoms with van der Waals surface area (Å²) in [4.78, 5) is 25.5. The van der Waals surface area contributed by atoms with Gasteiger partial charge in [-0.05, 0) is 31.9 Å². The van der Waals surface area contributed by atoms with Gasteiger partial charge in [-0.25, -0.2) is 0 Å². The Balaban J connectivity index is 2.74. The lowest BCUT2D eigenvalue weighted by atomic mass is 10.1. The predicted octanol–water partition coefficient (Wildman–Crippen LogP) is 2.97. The van der Waals surface area contributed by atoms with Gasteiger partial charge < -0.3 is 15.0 Å². The molecule has 1 unspecified atom stereocenters. The molecule has 0 bridgehead atoms. The van der Waals surface area contributed by atoms with Crippen LogP contribution in [0.1, 0.15) is 32.8 Å². The summed E-state index contributed by atoms with van der Waals surface area (Å²) in [5, 5.41) is 2.88. The Bertz CT molecular complexity index is 543. The molecule has 5 heteroatoms. The fourth-order valence-electron chi connectivity index (χ4n) is 2.07. The van der Waals surface area contributed by atoms with Gasteiger partial charge in [0, 0.05) is 25.7 Å². The molecule has 1 N–H and O–H groups in total. The molecule has 0 aromatic heterocycles. The van der Waals surface area contributed by atoms with Crippen molar-refractivity contribution in [1.29, 1.82) is 0 Å². The van der Waals surface area contributed by atoms with E-state index in [1.54, 1.807) is 24.8 Å². The molecule has 1 aromatic carbocycles. The van der Waals surface area contributed by atoms with Gasteiger partial charge in [-0.15, -0.1) is 6.58 Å². The van der Waals surface area contributed by atoms with E-state index in [-0.39, 0.29) is 11.8 Å². The molecular formula is C18H26N2O3. The standard InChI is InChI=1S/C18H26N2O3/c1-5-7-12-23-14(3)18(22)19-17-11-9-8-10-16(17)13-20(6-2)15(4)21/h5,8-11,14H,1,6-7,12-13H2,2-4H3,(H,19,22). The summed E-state index contributed by atoms with van der Waals surface area (Å²) in [5.41, 5.74) is 1.60. The molecule has 126 valence electrons. The van der Waals surface area contributed by atoms with Crippen molar-refractivity contribution in [3.63, 3.8) is 0 Å². The molecule has 0 saturated carbocycles. The van der Waals surface area contributed by atoms with Gasteiger partial charge in [0.15, 0.2) is 0 Å². The predicted molar refractivity (Wildman–Crippen MR) is 92.1 cm³/mol. The zero-order valence-electron chi connectivity index (χ0n) is 14.2. The van der Waals surface area contributed by atoms with E-state index in [1.165, 1.54) is 0 Å². The minimum absolute atomic E-state index is 0.00903. The summed E-state index contributed by atoms with van der Waals surface area (Å²) in [6.45, 7) is 10.4. The average Bonchev–Trinajstić information content (AvgIpc) is 2.53. The van der Waals surface area contributed by atoms with Crippen LogP contribution in [0.3, 0.4) is 0 Å². The first kappa shape index (κ1) is 18.9. The number of para-hydroxylation sites is 1. The Morgan fingerprint density at radius 3 is 2.70 bits per heavy atom. The Morgan fingerprint density at radius 1 is 1.39 bits per heavy atom. The Kier molecular flexibility index (Phi) is 8.05. The van der Waals surface area contributed by atoms with Gasteiger partial charge in [0.05, 0.1) is 6.61 Å². The molecule has 2 amide bonds. The van der Waals surface area contributed by atoms with Crippen LogP contribution >= 0.6 is 0 Å². The van der Waals surface area contributed by atoms with Crippen molar-refractivity contribution < 1.29 is 14.3 Å². The van der Waals surface area contributed by atoms with Crippen molar-refractivity contribution >= 4 is 17.5 Å². The molecule has 0 saturated heterocycles. The zero-order chi connectivity index (χ0) is 17.2. The van der Waals surface area contributed by atoms with E-state index < -0.39 is 6.10 Å². The van der Waals surface area contributed by atoms with Crippen LogP contribution in [-0.2, 0) is 20.9 Å². The van der Waals surface area contributed by atoms with Crippen molar-refractivity contribution in [2.24, 2.45) is 0 Å². The maximum atomic E-state index is 12.2. The molecule has 23 heavy (non-hydrogen) atoms. The molecule has 0 heterocycles. The van der Waals surface area contributed by atoms with Gasteiger partial charge in [-0.1, -0.05) is 24.3 Å². The van der Waals surface area contributed by atoms with E-state index >= 15 is 0 Å². The average molecular weight is 318 g/mol. The number of amides is 2.